The van der Waals surface area contributed by atoms with Crippen LogP contribution in [0.5, 0.6) is 0 Å². The third-order valence-corrected chi connectivity index (χ3v) is 17.6. The average Bonchev–Trinajstić information content (AvgIpc) is 1.00. The Bertz CT molecular complexity index is 2290. The molecule has 0 aliphatic carbocycles. The Morgan fingerprint density at radius 1 is 0.296 bits per heavy atom. The fourth-order valence-corrected chi connectivity index (χ4v) is 11.5. The van der Waals surface area contributed by atoms with Gasteiger partial charge in [-0.2, -0.15) is 0 Å². The van der Waals surface area contributed by atoms with Crippen molar-refractivity contribution in [2.24, 2.45) is 0 Å². The van der Waals surface area contributed by atoms with Gasteiger partial charge in [0.05, 0.1) is 26.4 Å². The highest BCUT2D eigenvalue weighted by Gasteiger charge is 2.30. The molecule has 0 saturated heterocycles. The maximum atomic E-state index is 13.1. The molecular weight excluding hydrogens is 1280 g/mol. The van der Waals surface area contributed by atoms with Crippen molar-refractivity contribution in [3.05, 3.63) is 109 Å². The van der Waals surface area contributed by atoms with E-state index in [9.17, 15) is 43.2 Å². The Kier molecular flexibility index (Phi) is 68.0. The first-order valence-corrected chi connectivity index (χ1v) is 41.1. The Hall–Kier alpha value is -4.28. The molecule has 0 aromatic rings. The van der Waals surface area contributed by atoms with Gasteiger partial charge in [0.1, 0.15) is 19.3 Å². The fraction of sp³-hybridized carbons (Fsp3) is 0.722. The highest BCUT2D eigenvalue weighted by Crippen LogP contribution is 2.45. The summed E-state index contributed by atoms with van der Waals surface area (Å²) >= 11 is 0. The predicted octanol–water partition coefficient (Wildman–Crippen LogP) is 21.8. The molecule has 0 spiro atoms. The molecule has 0 aliphatic heterocycles. The Balaban J connectivity index is 5.34. The molecule has 0 radical (unpaired) electrons. The summed E-state index contributed by atoms with van der Waals surface area (Å²) < 4.78 is 68.4. The highest BCUT2D eigenvalue weighted by atomic mass is 31.2. The van der Waals surface area contributed by atoms with E-state index in [0.29, 0.717) is 25.7 Å². The van der Waals surface area contributed by atoms with Gasteiger partial charge in [-0.05, 0) is 128 Å². The molecule has 0 aromatic heterocycles. The quantitative estimate of drug-likeness (QED) is 0.0169. The van der Waals surface area contributed by atoms with E-state index >= 15 is 0 Å². The monoisotopic (exact) mass is 1420 g/mol. The van der Waals surface area contributed by atoms with Crippen LogP contribution in [0.1, 0.15) is 310 Å². The van der Waals surface area contributed by atoms with E-state index in [2.05, 4.69) is 137 Å². The number of carbonyl (C=O) groups is 4. The second kappa shape index (κ2) is 71.1. The van der Waals surface area contributed by atoms with Crippen LogP contribution in [-0.2, 0) is 65.4 Å². The second-order valence-corrected chi connectivity index (χ2v) is 28.1. The molecule has 0 aromatic carbocycles. The zero-order valence-electron chi connectivity index (χ0n) is 61.4. The number of allylic oxidation sites excluding steroid dienone is 18. The van der Waals surface area contributed by atoms with Gasteiger partial charge in [-0.3, -0.25) is 37.3 Å². The molecule has 5 atom stereocenters. The second-order valence-electron chi connectivity index (χ2n) is 25.2. The summed E-state index contributed by atoms with van der Waals surface area (Å²) in [6.07, 6.45) is 75.1. The Morgan fingerprint density at radius 3 is 0.847 bits per heavy atom. The smallest absolute Gasteiger partial charge is 0.462 e. The highest BCUT2D eigenvalue weighted by molar-refractivity contribution is 7.47. The molecule has 17 nitrogen and oxygen atoms in total. The molecule has 5 unspecified atom stereocenters. The lowest BCUT2D eigenvalue weighted by Crippen LogP contribution is -2.30. The van der Waals surface area contributed by atoms with E-state index in [-0.39, 0.29) is 25.7 Å². The van der Waals surface area contributed by atoms with Crippen molar-refractivity contribution < 1.29 is 80.2 Å². The summed E-state index contributed by atoms with van der Waals surface area (Å²) in [6.45, 7) is 4.57. The molecule has 19 heteroatoms. The van der Waals surface area contributed by atoms with Gasteiger partial charge in [-0.25, -0.2) is 9.13 Å². The summed E-state index contributed by atoms with van der Waals surface area (Å²) in [5, 5.41) is 10.6. The zero-order valence-corrected chi connectivity index (χ0v) is 63.2. The van der Waals surface area contributed by atoms with Gasteiger partial charge in [0.25, 0.3) is 0 Å². The maximum absolute atomic E-state index is 13.1. The average molecular weight is 1420 g/mol. The lowest BCUT2D eigenvalue weighted by molar-refractivity contribution is -0.161. The van der Waals surface area contributed by atoms with Crippen LogP contribution < -0.4 is 0 Å². The van der Waals surface area contributed by atoms with E-state index in [1.165, 1.54) is 64.2 Å². The lowest BCUT2D eigenvalue weighted by Gasteiger charge is -2.21. The van der Waals surface area contributed by atoms with Crippen molar-refractivity contribution in [2.75, 3.05) is 39.6 Å². The van der Waals surface area contributed by atoms with Crippen molar-refractivity contribution in [1.29, 1.82) is 0 Å². The Morgan fingerprint density at radius 2 is 0.531 bits per heavy atom. The van der Waals surface area contributed by atoms with Crippen molar-refractivity contribution in [1.82, 2.24) is 0 Å². The largest absolute Gasteiger partial charge is 0.472 e. The van der Waals surface area contributed by atoms with E-state index in [1.54, 1.807) is 0 Å². The summed E-state index contributed by atoms with van der Waals surface area (Å²) in [6, 6.07) is 0. The van der Waals surface area contributed by atoms with Crippen molar-refractivity contribution in [3.8, 4) is 0 Å². The number of aliphatic hydroxyl groups excluding tert-OH is 1. The van der Waals surface area contributed by atoms with Crippen LogP contribution >= 0.6 is 15.6 Å². The Labute approximate surface area is 594 Å². The van der Waals surface area contributed by atoms with E-state index < -0.39 is 97.5 Å². The van der Waals surface area contributed by atoms with Crippen LogP contribution in [0, 0.1) is 0 Å². The standard InChI is InChI=1S/C79H136O17P2/c1-5-9-13-17-21-25-29-32-34-35-36-37-39-42-45-48-52-56-60-64-77(82)89-69-74(95-78(83)65-61-57-53-49-43-28-24-20-16-12-8-4)71-93-97(85,86)91-67-73(80)68-92-98(87,88)94-72-75(96-79(84)66-62-58-54-50-46-40-31-27-23-19-15-11-7-3)70-90-76(81)63-59-55-51-47-44-41-38-33-30-26-22-18-14-10-6-2/h9-10,13-14,21-22,25-27,31-34,36-38,42,45,73-75,80H,5-8,11-12,15-20,23-24,28-30,35,39-41,43-44,46-72H2,1-4H3,(H,85,86)(H,87,88)/b13-9-,14-10-,25-21-,26-22-,31-27-,34-32-,37-36-,38-33-,45-42-. The number of carbonyl (C=O) groups excluding carboxylic acids is 4. The van der Waals surface area contributed by atoms with Gasteiger partial charge < -0.3 is 33.8 Å². The summed E-state index contributed by atoms with van der Waals surface area (Å²) in [5.41, 5.74) is 0. The minimum Gasteiger partial charge on any atom is -0.462 e. The molecule has 0 bridgehead atoms. The minimum absolute atomic E-state index is 0.0802. The first-order chi connectivity index (χ1) is 47.7. The zero-order chi connectivity index (χ0) is 71.8. The fourth-order valence-electron chi connectivity index (χ4n) is 9.96. The first-order valence-electron chi connectivity index (χ1n) is 38.1. The predicted molar refractivity (Wildman–Crippen MR) is 399 cm³/mol. The molecular formula is C79H136O17P2. The van der Waals surface area contributed by atoms with E-state index in [1.807, 2.05) is 0 Å². The number of phosphoric acid groups is 2. The molecule has 0 saturated carbocycles. The number of rotatable bonds is 71. The van der Waals surface area contributed by atoms with Gasteiger partial charge in [0.2, 0.25) is 0 Å². The summed E-state index contributed by atoms with van der Waals surface area (Å²) in [4.78, 5) is 72.8. The molecule has 0 heterocycles. The summed E-state index contributed by atoms with van der Waals surface area (Å²) in [7, 11) is -9.96. The van der Waals surface area contributed by atoms with Crippen LogP contribution in [-0.4, -0.2) is 96.7 Å². The number of aliphatic hydroxyl groups is 1. The molecule has 564 valence electrons. The van der Waals surface area contributed by atoms with Crippen LogP contribution in [0.4, 0.5) is 0 Å². The van der Waals surface area contributed by atoms with Gasteiger partial charge in [-0.1, -0.05) is 265 Å². The molecule has 98 heavy (non-hydrogen) atoms. The van der Waals surface area contributed by atoms with Gasteiger partial charge in [0.15, 0.2) is 12.2 Å². The van der Waals surface area contributed by atoms with Crippen LogP contribution in [0.2, 0.25) is 0 Å². The third kappa shape index (κ3) is 70.2. The SMILES string of the molecule is CC/C=C\C/C=C\C/C=C\C/C=C\C/C=C\CCCCCC(=O)OCC(COP(=O)(O)OCC(O)COP(=O)(O)OCC(COC(=O)CCCCCCC/C=C\C/C=C\C/C=C\CC)OC(=O)CCCCCCC/C=C\CCCCCC)OC(=O)CCCCCCCCCCCCC. The topological polar surface area (TPSA) is 237 Å². The maximum Gasteiger partial charge on any atom is 0.472 e. The minimum atomic E-state index is -4.98. The van der Waals surface area contributed by atoms with Crippen LogP contribution in [0.25, 0.3) is 0 Å². The van der Waals surface area contributed by atoms with Crippen molar-refractivity contribution in [2.45, 2.75) is 329 Å². The number of unbranched alkanes of at least 4 members (excludes halogenated alkanes) is 27. The molecule has 0 amide bonds. The first kappa shape index (κ1) is 93.7. The van der Waals surface area contributed by atoms with Gasteiger partial charge >= 0.3 is 39.5 Å². The molecule has 0 fully saturated rings. The van der Waals surface area contributed by atoms with Crippen LogP contribution in [0.3, 0.4) is 0 Å². The van der Waals surface area contributed by atoms with Gasteiger partial charge in [0, 0.05) is 25.7 Å². The lowest BCUT2D eigenvalue weighted by atomic mass is 10.1. The number of hydrogen-bond donors (Lipinski definition) is 3. The van der Waals surface area contributed by atoms with Crippen LogP contribution in [0.15, 0.2) is 109 Å². The normalized spacial score (nSPS) is 14.6. The number of hydrogen-bond acceptors (Lipinski definition) is 15. The van der Waals surface area contributed by atoms with Crippen molar-refractivity contribution >= 4 is 39.5 Å². The van der Waals surface area contributed by atoms with Gasteiger partial charge in [-0.15, -0.1) is 0 Å². The molecule has 0 aliphatic rings. The number of phosphoric ester groups is 2. The van der Waals surface area contributed by atoms with E-state index in [0.717, 1.165) is 167 Å². The number of esters is 4. The molecule has 0 rings (SSSR count). The summed E-state index contributed by atoms with van der Waals surface area (Å²) in [5.74, 6) is -2.23. The van der Waals surface area contributed by atoms with E-state index in [4.69, 9.17) is 37.0 Å². The third-order valence-electron chi connectivity index (χ3n) is 15.7. The van der Waals surface area contributed by atoms with Crippen molar-refractivity contribution in [3.63, 3.8) is 0 Å². The molecule has 3 N–H and O–H groups in total. The number of ether oxygens (including phenoxy) is 4.